The van der Waals surface area contributed by atoms with E-state index in [1.165, 1.54) is 0 Å². The number of nitrogens with one attached hydrogen (secondary N) is 1. The predicted octanol–water partition coefficient (Wildman–Crippen LogP) is 4.64. The summed E-state index contributed by atoms with van der Waals surface area (Å²) < 4.78 is 9.30. The average Bonchev–Trinajstić information content (AvgIpc) is 3.39. The second-order valence-electron chi connectivity index (χ2n) is 6.96. The summed E-state index contributed by atoms with van der Waals surface area (Å²) in [5.41, 5.74) is 5.70. The number of aromatic nitrogens is 5. The maximum absolute atomic E-state index is 5.58. The Morgan fingerprint density at radius 1 is 0.933 bits per heavy atom. The van der Waals surface area contributed by atoms with E-state index in [1.807, 2.05) is 72.4 Å². The Bertz CT molecular complexity index is 1320. The molecule has 2 aromatic carbocycles. The molecule has 30 heavy (non-hydrogen) atoms. The van der Waals surface area contributed by atoms with Crippen molar-refractivity contribution < 1.29 is 4.74 Å². The van der Waals surface area contributed by atoms with E-state index in [0.717, 1.165) is 39.6 Å². The molecule has 7 heteroatoms. The number of rotatable bonds is 5. The molecule has 0 unspecified atom stereocenters. The molecule has 5 rings (SSSR count). The first-order valence-electron chi connectivity index (χ1n) is 9.57. The van der Waals surface area contributed by atoms with Gasteiger partial charge < -0.3 is 14.6 Å². The Kier molecular flexibility index (Phi) is 4.40. The van der Waals surface area contributed by atoms with Crippen molar-refractivity contribution in [3.63, 3.8) is 0 Å². The van der Waals surface area contributed by atoms with Crippen molar-refractivity contribution in [3.05, 3.63) is 85.1 Å². The molecule has 3 heterocycles. The highest BCUT2D eigenvalue weighted by Crippen LogP contribution is 2.28. The summed E-state index contributed by atoms with van der Waals surface area (Å²) in [7, 11) is 1.65. The molecular weight excluding hydrogens is 376 g/mol. The van der Waals surface area contributed by atoms with Crippen molar-refractivity contribution in [1.82, 2.24) is 24.1 Å². The molecule has 0 atom stereocenters. The standard InChI is InChI=1S/C23H20N6O/c1-16-13-28(15-24-16)20-10-9-19(12-21(20)30-2)25-23-26-22-11-8-18(14-29(22)27-23)17-6-4-3-5-7-17/h3-15H,1-2H3,(H,25,27). The van der Waals surface area contributed by atoms with Gasteiger partial charge in [-0.15, -0.1) is 5.10 Å². The summed E-state index contributed by atoms with van der Waals surface area (Å²) in [6.07, 6.45) is 5.71. The summed E-state index contributed by atoms with van der Waals surface area (Å²) >= 11 is 0. The smallest absolute Gasteiger partial charge is 0.247 e. The fourth-order valence-corrected chi connectivity index (χ4v) is 3.39. The lowest BCUT2D eigenvalue weighted by Crippen LogP contribution is -1.98. The third-order valence-corrected chi connectivity index (χ3v) is 4.86. The Labute approximate surface area is 173 Å². The third kappa shape index (κ3) is 3.37. The van der Waals surface area contributed by atoms with Gasteiger partial charge in [-0.2, -0.15) is 4.98 Å². The second kappa shape index (κ2) is 7.36. The van der Waals surface area contributed by atoms with Crippen LogP contribution in [-0.2, 0) is 0 Å². The molecule has 0 aliphatic heterocycles. The summed E-state index contributed by atoms with van der Waals surface area (Å²) in [4.78, 5) is 8.85. The molecule has 0 spiro atoms. The Morgan fingerprint density at radius 2 is 1.80 bits per heavy atom. The third-order valence-electron chi connectivity index (χ3n) is 4.86. The number of ether oxygens (including phenoxy) is 1. The number of hydrogen-bond donors (Lipinski definition) is 1. The molecule has 0 radical (unpaired) electrons. The fraction of sp³-hybridized carbons (Fsp3) is 0.0870. The van der Waals surface area contributed by atoms with Gasteiger partial charge in [0, 0.05) is 29.7 Å². The first-order chi connectivity index (χ1) is 14.7. The zero-order valence-electron chi connectivity index (χ0n) is 16.6. The number of hydrogen-bond acceptors (Lipinski definition) is 5. The summed E-state index contributed by atoms with van der Waals surface area (Å²) in [5, 5.41) is 7.84. The summed E-state index contributed by atoms with van der Waals surface area (Å²) in [6.45, 7) is 1.96. The van der Waals surface area contributed by atoms with Crippen LogP contribution in [0.2, 0.25) is 0 Å². The molecule has 5 aromatic rings. The molecule has 0 fully saturated rings. The van der Waals surface area contributed by atoms with E-state index < -0.39 is 0 Å². The number of nitrogens with zero attached hydrogens (tertiary/aromatic N) is 5. The van der Waals surface area contributed by atoms with Crippen LogP contribution >= 0.6 is 0 Å². The minimum atomic E-state index is 0.522. The highest BCUT2D eigenvalue weighted by Gasteiger charge is 2.10. The van der Waals surface area contributed by atoms with Crippen molar-refractivity contribution in [2.24, 2.45) is 0 Å². The van der Waals surface area contributed by atoms with Crippen LogP contribution in [-0.4, -0.2) is 31.3 Å². The number of aryl methyl sites for hydroxylation is 1. The summed E-state index contributed by atoms with van der Waals surface area (Å²) in [5.74, 6) is 1.25. The Hall–Kier alpha value is -4.13. The highest BCUT2D eigenvalue weighted by molar-refractivity contribution is 5.66. The molecule has 0 bridgehead atoms. The minimum Gasteiger partial charge on any atom is -0.494 e. The van der Waals surface area contributed by atoms with E-state index in [2.05, 4.69) is 32.5 Å². The number of benzene rings is 2. The van der Waals surface area contributed by atoms with Crippen LogP contribution in [0.1, 0.15) is 5.69 Å². The van der Waals surface area contributed by atoms with E-state index in [0.29, 0.717) is 5.95 Å². The number of imidazole rings is 1. The molecule has 0 aliphatic rings. The lowest BCUT2D eigenvalue weighted by molar-refractivity contribution is 0.413. The van der Waals surface area contributed by atoms with Crippen LogP contribution in [0.15, 0.2) is 79.4 Å². The first kappa shape index (κ1) is 17.9. The fourth-order valence-electron chi connectivity index (χ4n) is 3.39. The molecule has 3 aromatic heterocycles. The zero-order chi connectivity index (χ0) is 20.5. The van der Waals surface area contributed by atoms with Gasteiger partial charge in [-0.05, 0) is 36.8 Å². The molecule has 0 aliphatic carbocycles. The van der Waals surface area contributed by atoms with Crippen molar-refractivity contribution in [1.29, 1.82) is 0 Å². The maximum atomic E-state index is 5.58. The zero-order valence-corrected chi connectivity index (χ0v) is 16.6. The van der Waals surface area contributed by atoms with Crippen LogP contribution in [0.5, 0.6) is 5.75 Å². The van der Waals surface area contributed by atoms with Gasteiger partial charge in [-0.1, -0.05) is 30.3 Å². The molecule has 148 valence electrons. The normalized spacial score (nSPS) is 11.0. The van der Waals surface area contributed by atoms with E-state index in [-0.39, 0.29) is 0 Å². The average molecular weight is 396 g/mol. The lowest BCUT2D eigenvalue weighted by atomic mass is 10.1. The Morgan fingerprint density at radius 3 is 2.57 bits per heavy atom. The number of anilines is 2. The number of fused-ring (bicyclic) bond motifs is 1. The molecule has 0 saturated heterocycles. The molecule has 0 saturated carbocycles. The lowest BCUT2D eigenvalue weighted by Gasteiger charge is -2.11. The van der Waals surface area contributed by atoms with Gasteiger partial charge in [0.05, 0.1) is 24.8 Å². The van der Waals surface area contributed by atoms with Gasteiger partial charge in [-0.3, -0.25) is 0 Å². The van der Waals surface area contributed by atoms with Crippen LogP contribution in [0, 0.1) is 6.92 Å². The van der Waals surface area contributed by atoms with Gasteiger partial charge in [-0.25, -0.2) is 9.50 Å². The van der Waals surface area contributed by atoms with Gasteiger partial charge in [0.25, 0.3) is 0 Å². The minimum absolute atomic E-state index is 0.522. The van der Waals surface area contributed by atoms with Gasteiger partial charge >= 0.3 is 0 Å². The first-order valence-corrected chi connectivity index (χ1v) is 9.57. The maximum Gasteiger partial charge on any atom is 0.247 e. The van der Waals surface area contributed by atoms with Crippen molar-refractivity contribution in [2.45, 2.75) is 6.92 Å². The van der Waals surface area contributed by atoms with Crippen LogP contribution in [0.4, 0.5) is 11.6 Å². The monoisotopic (exact) mass is 396 g/mol. The quantitative estimate of drug-likeness (QED) is 0.469. The molecule has 0 amide bonds. The second-order valence-corrected chi connectivity index (χ2v) is 6.96. The van der Waals surface area contributed by atoms with E-state index in [4.69, 9.17) is 4.74 Å². The van der Waals surface area contributed by atoms with Crippen LogP contribution in [0.3, 0.4) is 0 Å². The van der Waals surface area contributed by atoms with Crippen molar-refractivity contribution >= 4 is 17.3 Å². The van der Waals surface area contributed by atoms with E-state index in [9.17, 15) is 0 Å². The van der Waals surface area contributed by atoms with E-state index in [1.54, 1.807) is 18.0 Å². The predicted molar refractivity (Wildman–Crippen MR) is 117 cm³/mol. The van der Waals surface area contributed by atoms with Crippen LogP contribution in [0.25, 0.3) is 22.5 Å². The van der Waals surface area contributed by atoms with Crippen molar-refractivity contribution in [3.8, 4) is 22.6 Å². The number of methoxy groups -OCH3 is 1. The largest absolute Gasteiger partial charge is 0.494 e. The van der Waals surface area contributed by atoms with Gasteiger partial charge in [0.15, 0.2) is 5.65 Å². The molecule has 1 N–H and O–H groups in total. The van der Waals surface area contributed by atoms with E-state index >= 15 is 0 Å². The molecule has 7 nitrogen and oxygen atoms in total. The summed E-state index contributed by atoms with van der Waals surface area (Å²) in [6, 6.07) is 20.1. The topological polar surface area (TPSA) is 69.3 Å². The van der Waals surface area contributed by atoms with Gasteiger partial charge in [0.2, 0.25) is 5.95 Å². The van der Waals surface area contributed by atoms with Crippen LogP contribution < -0.4 is 10.1 Å². The van der Waals surface area contributed by atoms with Gasteiger partial charge in [0.1, 0.15) is 5.75 Å². The number of pyridine rings is 1. The Balaban J connectivity index is 1.44. The SMILES string of the molecule is COc1cc(Nc2nc3ccc(-c4ccccc4)cn3n2)ccc1-n1cnc(C)c1. The highest BCUT2D eigenvalue weighted by atomic mass is 16.5. The van der Waals surface area contributed by atoms with Crippen molar-refractivity contribution in [2.75, 3.05) is 12.4 Å². The molecular formula is C23H20N6O.